The molecule has 76 heavy (non-hydrogen) atoms. The maximum absolute atomic E-state index is 14.1. The molecule has 3 aromatic carbocycles. The average Bonchev–Trinajstić information content (AvgIpc) is 3.86. The van der Waals surface area contributed by atoms with Crippen molar-refractivity contribution in [2.75, 3.05) is 115 Å². The maximum Gasteiger partial charge on any atom is 0.501 e. The minimum absolute atomic E-state index is 0.00578. The first-order chi connectivity index (χ1) is 36.3. The number of carbonyl (C=O) groups excluding carboxylic acids is 1. The summed E-state index contributed by atoms with van der Waals surface area (Å²) < 4.78 is 110. The van der Waals surface area contributed by atoms with Gasteiger partial charge in [-0.05, 0) is 135 Å². The Morgan fingerprint density at radius 1 is 0.868 bits per heavy atom. The summed E-state index contributed by atoms with van der Waals surface area (Å²) in [5.74, 6) is -0.907. The molecule has 10 rings (SSSR count). The number of sulfone groups is 1. The van der Waals surface area contributed by atoms with Gasteiger partial charge in [0.05, 0.1) is 35.6 Å². The van der Waals surface area contributed by atoms with Gasteiger partial charge in [0.15, 0.2) is 0 Å². The Balaban J connectivity index is 0.856. The fraction of sp³-hybridized carbons (Fsp3) is 0.481. The van der Waals surface area contributed by atoms with Gasteiger partial charge in [0.2, 0.25) is 0 Å². The third-order valence-corrected chi connectivity index (χ3v) is 19.0. The molecule has 1 atom stereocenters. The number of aromatic nitrogens is 2. The lowest BCUT2D eigenvalue weighted by atomic mass is 9.69. The molecular weight excluding hydrogens is 1040 g/mol. The van der Waals surface area contributed by atoms with Crippen molar-refractivity contribution in [3.05, 3.63) is 107 Å². The van der Waals surface area contributed by atoms with E-state index in [1.807, 2.05) is 16.9 Å². The van der Waals surface area contributed by atoms with Crippen LogP contribution in [0.15, 0.2) is 101 Å². The van der Waals surface area contributed by atoms with Crippen molar-refractivity contribution in [2.45, 2.75) is 60.7 Å². The molecule has 4 saturated heterocycles. The van der Waals surface area contributed by atoms with E-state index in [9.17, 15) is 34.8 Å². The number of hydrogen-bond acceptors (Lipinski definition) is 14. The number of fused-ring (bicyclic) bond motifs is 1. The number of hydrogen-bond donors (Lipinski definition) is 4. The molecule has 4 N–H and O–H groups in total. The summed E-state index contributed by atoms with van der Waals surface area (Å²) in [7, 11) is -11.0. The zero-order chi connectivity index (χ0) is 53.3. The second-order valence-corrected chi connectivity index (χ2v) is 25.4. The van der Waals surface area contributed by atoms with Crippen LogP contribution in [0.25, 0.3) is 16.6 Å². The summed E-state index contributed by atoms with van der Waals surface area (Å²) in [6.45, 7) is 14.9. The number of likely N-dealkylation sites (tertiary alicyclic amines) is 1. The van der Waals surface area contributed by atoms with Crippen LogP contribution in [0, 0.1) is 10.8 Å². The van der Waals surface area contributed by atoms with Gasteiger partial charge in [-0.2, -0.15) is 13.2 Å². The first-order valence-electron chi connectivity index (χ1n) is 26.0. The van der Waals surface area contributed by atoms with Crippen LogP contribution < -0.4 is 25.0 Å². The van der Waals surface area contributed by atoms with Crippen LogP contribution in [0.1, 0.15) is 61.4 Å². The van der Waals surface area contributed by atoms with Crippen LogP contribution in [0.5, 0.6) is 11.5 Å². The Kier molecular flexibility index (Phi) is 15.8. The highest BCUT2D eigenvalue weighted by Gasteiger charge is 2.48. The molecule has 5 aromatic rings. The molecule has 6 heterocycles. The summed E-state index contributed by atoms with van der Waals surface area (Å²) in [4.78, 5) is 28.9. The number of rotatable bonds is 17. The maximum atomic E-state index is 14.1. The number of nitrogens with one attached hydrogen (secondary N) is 4. The summed E-state index contributed by atoms with van der Waals surface area (Å²) in [5.41, 5.74) is -0.368. The Labute approximate surface area is 447 Å². The Bertz CT molecular complexity index is 3170. The van der Waals surface area contributed by atoms with Crippen molar-refractivity contribution in [1.29, 1.82) is 0 Å². The van der Waals surface area contributed by atoms with Crippen LogP contribution in [0.4, 0.5) is 24.5 Å². The van der Waals surface area contributed by atoms with Crippen LogP contribution in [0.3, 0.4) is 0 Å². The topological polar surface area (TPSA) is 182 Å². The molecule has 16 nitrogen and oxygen atoms in total. The molecule has 4 fully saturated rings. The number of ether oxygens (including phenoxy) is 2. The molecular formula is C54H65ClF3N9O7S2. The third-order valence-electron chi connectivity index (χ3n) is 15.9. The molecule has 1 aliphatic carbocycles. The van der Waals surface area contributed by atoms with E-state index < -0.39 is 46.8 Å². The normalized spacial score (nSPS) is 21.2. The quantitative estimate of drug-likeness (QED) is 0.0658. The fourth-order valence-corrected chi connectivity index (χ4v) is 13.6. The number of alkyl halides is 3. The highest BCUT2D eigenvalue weighted by molar-refractivity contribution is 7.92. The van der Waals surface area contributed by atoms with Crippen LogP contribution >= 0.6 is 11.6 Å². The largest absolute Gasteiger partial charge is 0.501 e. The number of anilines is 2. The monoisotopic (exact) mass is 1110 g/mol. The first kappa shape index (κ1) is 54.1. The molecule has 1 amide bonds. The predicted molar refractivity (Wildman–Crippen MR) is 287 cm³/mol. The number of morpholine rings is 1. The number of H-pyrrole nitrogens is 1. The fourth-order valence-electron chi connectivity index (χ4n) is 11.4. The van der Waals surface area contributed by atoms with Gasteiger partial charge in [0, 0.05) is 100 Å². The lowest BCUT2D eigenvalue weighted by Crippen LogP contribution is -2.58. The molecule has 2 aromatic heterocycles. The number of pyridine rings is 1. The van der Waals surface area contributed by atoms with E-state index in [0.29, 0.717) is 80.2 Å². The van der Waals surface area contributed by atoms with Crippen LogP contribution in [0.2, 0.25) is 5.02 Å². The van der Waals surface area contributed by atoms with Gasteiger partial charge in [-0.15, -0.1) is 0 Å². The number of benzene rings is 3. The third kappa shape index (κ3) is 12.2. The van der Waals surface area contributed by atoms with Gasteiger partial charge in [-0.1, -0.05) is 36.2 Å². The molecule has 0 saturated carbocycles. The number of piperidine rings is 1. The molecule has 4 aliphatic heterocycles. The molecule has 0 radical (unpaired) electrons. The first-order valence-corrected chi connectivity index (χ1v) is 29.4. The Morgan fingerprint density at radius 2 is 1.62 bits per heavy atom. The minimum Gasteiger partial charge on any atom is -0.455 e. The van der Waals surface area contributed by atoms with E-state index in [1.54, 1.807) is 30.5 Å². The van der Waals surface area contributed by atoms with E-state index in [2.05, 4.69) is 59.3 Å². The number of carbonyl (C=O) groups is 1. The number of halogens is 4. The van der Waals surface area contributed by atoms with E-state index in [1.165, 1.54) is 41.8 Å². The second-order valence-electron chi connectivity index (χ2n) is 21.4. The molecule has 22 heteroatoms. The number of sulfonamides is 1. The summed E-state index contributed by atoms with van der Waals surface area (Å²) >= 11 is 6.35. The predicted octanol–water partition coefficient (Wildman–Crippen LogP) is 8.01. The number of allylic oxidation sites excluding steroid dienone is 1. The van der Waals surface area contributed by atoms with Gasteiger partial charge in [-0.3, -0.25) is 14.6 Å². The Morgan fingerprint density at radius 3 is 2.33 bits per heavy atom. The van der Waals surface area contributed by atoms with Gasteiger partial charge < -0.3 is 34.9 Å². The highest BCUT2D eigenvalue weighted by atomic mass is 35.5. The van der Waals surface area contributed by atoms with Gasteiger partial charge >= 0.3 is 5.51 Å². The van der Waals surface area contributed by atoms with Gasteiger partial charge in [-0.25, -0.2) is 26.5 Å². The summed E-state index contributed by atoms with van der Waals surface area (Å²) in [6, 6.07) is 18.8. The zero-order valence-electron chi connectivity index (χ0n) is 42.6. The van der Waals surface area contributed by atoms with E-state index in [-0.39, 0.29) is 29.0 Å². The number of piperazine rings is 1. The van der Waals surface area contributed by atoms with Crippen molar-refractivity contribution in [3.63, 3.8) is 0 Å². The minimum atomic E-state index is -6.05. The van der Waals surface area contributed by atoms with Crippen molar-refractivity contribution < 1.29 is 44.3 Å². The summed E-state index contributed by atoms with van der Waals surface area (Å²) in [5, 5.41) is 7.65. The molecule has 1 unspecified atom stereocenters. The Hall–Kier alpha value is -5.26. The van der Waals surface area contributed by atoms with E-state index >= 15 is 0 Å². The van der Waals surface area contributed by atoms with Gasteiger partial charge in [0.25, 0.3) is 25.8 Å². The van der Waals surface area contributed by atoms with Crippen molar-refractivity contribution in [3.8, 4) is 11.5 Å². The van der Waals surface area contributed by atoms with Gasteiger partial charge in [0.1, 0.15) is 22.0 Å². The zero-order valence-corrected chi connectivity index (χ0v) is 45.0. The standard InChI is InChI=1S/C54H65ClF3N9O7S2/c1-52(37-66-19-14-53(15-20-66)35-59-36-53)13-11-45(38-3-5-41(55)6-4-38)40(32-52)34-65-21-23-67(24-22-65)42-7-9-46(48(30-42)74-43-29-39-12-17-61-50(39)62-33-43)51(68)63-76(71,72)44-8-10-47(49(31-44)75(69,70)54(56,57)58)60-16-2-18-64-25-27-73-28-26-64/h3-10,12,17,29-31,33,59-60H,2,11,13-16,18-28,32,34-37H2,1H3,(H,61,62)(H,63,68). The molecule has 5 aliphatic rings. The second kappa shape index (κ2) is 22.2. The van der Waals surface area contributed by atoms with E-state index in [0.717, 1.165) is 89.1 Å². The SMILES string of the molecule is CC1(CN2CCC3(CC2)CNC3)CCC(c2ccc(Cl)cc2)=C(CN2CCN(c3ccc(C(=O)NS(=O)(=O)c4ccc(NCCCN5CCOCC5)c(S(=O)(=O)C(F)(F)F)c4)c(Oc4cnc5[nH]ccc5c4)c3)CC2)C1. The molecule has 0 bridgehead atoms. The van der Waals surface area contributed by atoms with Crippen LogP contribution in [-0.4, -0.2) is 158 Å². The van der Waals surface area contributed by atoms with Crippen molar-refractivity contribution in [2.24, 2.45) is 10.8 Å². The van der Waals surface area contributed by atoms with E-state index in [4.69, 9.17) is 21.1 Å². The lowest BCUT2D eigenvalue weighted by Gasteiger charge is -2.50. The highest BCUT2D eigenvalue weighted by Crippen LogP contribution is 2.45. The smallest absolute Gasteiger partial charge is 0.455 e. The number of amides is 1. The lowest BCUT2D eigenvalue weighted by molar-refractivity contribution is -0.0435. The van der Waals surface area contributed by atoms with Crippen molar-refractivity contribution >= 4 is 65.3 Å². The summed E-state index contributed by atoms with van der Waals surface area (Å²) in [6.07, 6.45) is 9.24. The average molecular weight is 1110 g/mol. The number of aromatic amines is 1. The van der Waals surface area contributed by atoms with Crippen LogP contribution in [-0.2, 0) is 24.6 Å². The number of nitrogens with zero attached hydrogens (tertiary/aromatic N) is 5. The molecule has 408 valence electrons. The molecule has 1 spiro atoms. The van der Waals surface area contributed by atoms with Crippen molar-refractivity contribution in [1.82, 2.24) is 34.7 Å².